The minimum Gasteiger partial charge on any atom is -0.493 e. The first-order valence-corrected chi connectivity index (χ1v) is 6.04. The topological polar surface area (TPSA) is 114 Å². The molecule has 0 aromatic heterocycles. The van der Waals surface area contributed by atoms with Crippen LogP contribution in [0.15, 0.2) is 12.1 Å². The Labute approximate surface area is 125 Å². The van der Waals surface area contributed by atoms with Crippen molar-refractivity contribution in [2.24, 2.45) is 0 Å². The van der Waals surface area contributed by atoms with Crippen LogP contribution >= 0.6 is 0 Å². The Hall–Kier alpha value is -2.84. The molecule has 0 radical (unpaired) electrons. The first kappa shape index (κ1) is 17.2. The van der Waals surface area contributed by atoms with Crippen LogP contribution < -0.4 is 9.47 Å². The van der Waals surface area contributed by atoms with Gasteiger partial charge in [-0.15, -0.1) is 0 Å². The molecule has 0 spiro atoms. The molecule has 22 heavy (non-hydrogen) atoms. The van der Waals surface area contributed by atoms with E-state index in [9.17, 15) is 19.7 Å². The summed E-state index contributed by atoms with van der Waals surface area (Å²) in [7, 11) is 3.75. The molecule has 0 aliphatic heterocycles. The van der Waals surface area contributed by atoms with Crippen molar-refractivity contribution >= 4 is 17.6 Å². The van der Waals surface area contributed by atoms with Gasteiger partial charge < -0.3 is 18.9 Å². The van der Waals surface area contributed by atoms with Gasteiger partial charge in [0.1, 0.15) is 5.56 Å². The molecule has 1 aromatic carbocycles. The number of methoxy groups -OCH3 is 3. The van der Waals surface area contributed by atoms with E-state index >= 15 is 0 Å². The van der Waals surface area contributed by atoms with E-state index < -0.39 is 28.7 Å². The number of carbonyl (C=O) groups is 2. The number of rotatable bonds is 6. The summed E-state index contributed by atoms with van der Waals surface area (Å²) in [5, 5.41) is 11.1. The molecule has 9 heteroatoms. The Morgan fingerprint density at radius 2 is 1.68 bits per heavy atom. The van der Waals surface area contributed by atoms with Crippen LogP contribution in [0.25, 0.3) is 0 Å². The number of benzene rings is 1. The van der Waals surface area contributed by atoms with Crippen LogP contribution in [0.2, 0.25) is 0 Å². The van der Waals surface area contributed by atoms with Gasteiger partial charge in [-0.1, -0.05) is 0 Å². The molecule has 1 aromatic rings. The average molecular weight is 313 g/mol. The monoisotopic (exact) mass is 313 g/mol. The van der Waals surface area contributed by atoms with E-state index in [0.29, 0.717) is 0 Å². The third-order valence-electron chi connectivity index (χ3n) is 2.74. The second kappa shape index (κ2) is 7.25. The highest BCUT2D eigenvalue weighted by Crippen LogP contribution is 2.34. The molecule has 0 aliphatic carbocycles. The quantitative estimate of drug-likeness (QED) is 0.439. The van der Waals surface area contributed by atoms with Crippen LogP contribution in [0.1, 0.15) is 17.3 Å². The lowest BCUT2D eigenvalue weighted by Crippen LogP contribution is -2.25. The summed E-state index contributed by atoms with van der Waals surface area (Å²) in [5.74, 6) is -1.63. The Morgan fingerprint density at radius 1 is 1.14 bits per heavy atom. The molecular formula is C13H15NO8. The maximum atomic E-state index is 12.0. The molecule has 1 rings (SSSR count). The van der Waals surface area contributed by atoms with Crippen molar-refractivity contribution in [1.82, 2.24) is 0 Å². The summed E-state index contributed by atoms with van der Waals surface area (Å²) in [6, 6.07) is 2.15. The standard InChI is InChI=1S/C13H15NO8/c1-7(12(15)21-4)22-13(16)8-5-10(19-2)11(20-3)6-9(8)14(17)18/h5-7H,1-4H3/t7-/m1/s1. The lowest BCUT2D eigenvalue weighted by atomic mass is 10.1. The second-order valence-corrected chi connectivity index (χ2v) is 4.05. The fourth-order valence-corrected chi connectivity index (χ4v) is 1.62. The normalized spacial score (nSPS) is 11.3. The molecule has 9 nitrogen and oxygen atoms in total. The number of nitrogens with zero attached hydrogens (tertiary/aromatic N) is 1. The number of ether oxygens (including phenoxy) is 4. The van der Waals surface area contributed by atoms with Gasteiger partial charge in [0, 0.05) is 6.07 Å². The second-order valence-electron chi connectivity index (χ2n) is 4.05. The highest BCUT2D eigenvalue weighted by Gasteiger charge is 2.28. The number of hydrogen-bond donors (Lipinski definition) is 0. The number of carbonyl (C=O) groups excluding carboxylic acids is 2. The van der Waals surface area contributed by atoms with Gasteiger partial charge in [0.15, 0.2) is 17.6 Å². The zero-order valence-electron chi connectivity index (χ0n) is 12.4. The first-order chi connectivity index (χ1) is 10.3. The van der Waals surface area contributed by atoms with Crippen LogP contribution in [-0.4, -0.2) is 44.3 Å². The van der Waals surface area contributed by atoms with Crippen LogP contribution in [0.4, 0.5) is 5.69 Å². The van der Waals surface area contributed by atoms with Crippen LogP contribution in [-0.2, 0) is 14.3 Å². The number of nitro benzene ring substituents is 1. The molecule has 0 N–H and O–H groups in total. The van der Waals surface area contributed by atoms with Gasteiger partial charge in [-0.3, -0.25) is 10.1 Å². The molecule has 0 amide bonds. The van der Waals surface area contributed by atoms with Crippen molar-refractivity contribution in [3.8, 4) is 11.5 Å². The van der Waals surface area contributed by atoms with Crippen molar-refractivity contribution in [3.05, 3.63) is 27.8 Å². The van der Waals surface area contributed by atoms with Crippen molar-refractivity contribution in [2.45, 2.75) is 13.0 Å². The Bertz CT molecular complexity index is 598. The van der Waals surface area contributed by atoms with Gasteiger partial charge in [-0.25, -0.2) is 9.59 Å². The molecule has 0 heterocycles. The van der Waals surface area contributed by atoms with Crippen molar-refractivity contribution < 1.29 is 33.5 Å². The first-order valence-electron chi connectivity index (χ1n) is 6.04. The largest absolute Gasteiger partial charge is 0.493 e. The summed E-state index contributed by atoms with van der Waals surface area (Å²) in [6.45, 7) is 1.29. The van der Waals surface area contributed by atoms with Gasteiger partial charge >= 0.3 is 11.9 Å². The SMILES string of the molecule is COC(=O)[C@@H](C)OC(=O)c1cc(OC)c(OC)cc1[N+](=O)[O-]. The van der Waals surface area contributed by atoms with E-state index in [1.54, 1.807) is 0 Å². The van der Waals surface area contributed by atoms with Crippen molar-refractivity contribution in [2.75, 3.05) is 21.3 Å². The lowest BCUT2D eigenvalue weighted by Gasteiger charge is -2.13. The summed E-state index contributed by atoms with van der Waals surface area (Å²) < 4.78 is 19.2. The van der Waals surface area contributed by atoms with E-state index in [-0.39, 0.29) is 17.1 Å². The zero-order chi connectivity index (χ0) is 16.9. The fourth-order valence-electron chi connectivity index (χ4n) is 1.62. The van der Waals surface area contributed by atoms with E-state index in [1.807, 2.05) is 0 Å². The highest BCUT2D eigenvalue weighted by molar-refractivity contribution is 5.96. The molecule has 0 bridgehead atoms. The Morgan fingerprint density at radius 3 is 2.14 bits per heavy atom. The zero-order valence-corrected chi connectivity index (χ0v) is 12.4. The Kier molecular flexibility index (Phi) is 5.67. The van der Waals surface area contributed by atoms with E-state index in [4.69, 9.17) is 14.2 Å². The van der Waals surface area contributed by atoms with Gasteiger partial charge in [0.2, 0.25) is 0 Å². The van der Waals surface area contributed by atoms with Crippen LogP contribution in [0.3, 0.4) is 0 Å². The minimum absolute atomic E-state index is 0.0896. The predicted octanol–water partition coefficient (Wildman–Crippen LogP) is 1.33. The fraction of sp³-hybridized carbons (Fsp3) is 0.385. The van der Waals surface area contributed by atoms with Gasteiger partial charge in [-0.2, -0.15) is 0 Å². The Balaban J connectivity index is 3.24. The predicted molar refractivity (Wildman–Crippen MR) is 73.1 cm³/mol. The molecule has 0 saturated heterocycles. The third-order valence-corrected chi connectivity index (χ3v) is 2.74. The smallest absolute Gasteiger partial charge is 0.346 e. The van der Waals surface area contributed by atoms with Crippen LogP contribution in [0, 0.1) is 10.1 Å². The summed E-state index contributed by atoms with van der Waals surface area (Å²) in [5.41, 5.74) is -0.891. The average Bonchev–Trinajstić information content (AvgIpc) is 2.52. The lowest BCUT2D eigenvalue weighted by molar-refractivity contribution is -0.385. The summed E-state index contributed by atoms with van der Waals surface area (Å²) in [4.78, 5) is 33.6. The number of hydrogen-bond acceptors (Lipinski definition) is 8. The molecule has 0 unspecified atom stereocenters. The molecule has 0 fully saturated rings. The maximum Gasteiger partial charge on any atom is 0.346 e. The van der Waals surface area contributed by atoms with Crippen molar-refractivity contribution in [1.29, 1.82) is 0 Å². The highest BCUT2D eigenvalue weighted by atomic mass is 16.6. The number of esters is 2. The van der Waals surface area contributed by atoms with Gasteiger partial charge in [0.05, 0.1) is 32.3 Å². The molecule has 0 saturated carbocycles. The minimum atomic E-state index is -1.20. The van der Waals surface area contributed by atoms with Gasteiger partial charge in [-0.05, 0) is 6.92 Å². The van der Waals surface area contributed by atoms with E-state index in [1.165, 1.54) is 21.1 Å². The molecule has 120 valence electrons. The van der Waals surface area contributed by atoms with Crippen molar-refractivity contribution in [3.63, 3.8) is 0 Å². The van der Waals surface area contributed by atoms with Crippen LogP contribution in [0.5, 0.6) is 11.5 Å². The van der Waals surface area contributed by atoms with E-state index in [0.717, 1.165) is 19.2 Å². The van der Waals surface area contributed by atoms with Gasteiger partial charge in [0.25, 0.3) is 5.69 Å². The summed E-state index contributed by atoms with van der Waals surface area (Å²) in [6.07, 6.45) is -1.20. The molecule has 1 atom stereocenters. The third kappa shape index (κ3) is 3.62. The molecule has 0 aliphatic rings. The summed E-state index contributed by atoms with van der Waals surface area (Å²) >= 11 is 0. The van der Waals surface area contributed by atoms with E-state index in [2.05, 4.69) is 4.74 Å². The number of nitro groups is 1. The molecular weight excluding hydrogens is 298 g/mol. The maximum absolute atomic E-state index is 12.0.